The van der Waals surface area contributed by atoms with Gasteiger partial charge in [0.1, 0.15) is 16.9 Å². The zero-order valence-electron chi connectivity index (χ0n) is 26.4. The van der Waals surface area contributed by atoms with Crippen LogP contribution < -0.4 is 10.2 Å². The molecule has 1 saturated heterocycles. The lowest BCUT2D eigenvalue weighted by Crippen LogP contribution is -2.65. The highest BCUT2D eigenvalue weighted by molar-refractivity contribution is 6.30. The molecule has 0 radical (unpaired) electrons. The summed E-state index contributed by atoms with van der Waals surface area (Å²) in [5, 5.41) is 3.33. The van der Waals surface area contributed by atoms with Gasteiger partial charge in [-0.1, -0.05) is 60.1 Å². The third-order valence-electron chi connectivity index (χ3n) is 9.48. The molecule has 3 aromatic carbocycles. The fourth-order valence-electron chi connectivity index (χ4n) is 7.93. The van der Waals surface area contributed by atoms with Gasteiger partial charge in [-0.2, -0.15) is 0 Å². The number of hydrogen-bond acceptors (Lipinski definition) is 9. The number of amides is 2. The normalized spacial score (nSPS) is 23.9. The lowest BCUT2D eigenvalue weighted by atomic mass is 9.57. The van der Waals surface area contributed by atoms with E-state index in [0.717, 1.165) is 0 Å². The zero-order valence-corrected chi connectivity index (χ0v) is 27.1. The van der Waals surface area contributed by atoms with E-state index in [2.05, 4.69) is 5.32 Å². The summed E-state index contributed by atoms with van der Waals surface area (Å²) >= 11 is 6.32. The van der Waals surface area contributed by atoms with E-state index in [-0.39, 0.29) is 31.9 Å². The number of fused-ring (bicyclic) bond motifs is 5. The minimum absolute atomic E-state index is 0.0290. The van der Waals surface area contributed by atoms with Gasteiger partial charge in [-0.05, 0) is 63.2 Å². The molecule has 3 aliphatic heterocycles. The van der Waals surface area contributed by atoms with Crippen molar-refractivity contribution in [3.8, 4) is 0 Å². The summed E-state index contributed by atoms with van der Waals surface area (Å²) in [5.74, 6) is -6.66. The van der Waals surface area contributed by atoms with Crippen molar-refractivity contribution in [3.05, 3.63) is 94.5 Å². The van der Waals surface area contributed by atoms with Crippen LogP contribution in [0, 0.1) is 5.92 Å². The molecule has 11 nitrogen and oxygen atoms in total. The van der Waals surface area contributed by atoms with Gasteiger partial charge in [0.25, 0.3) is 5.91 Å². The van der Waals surface area contributed by atoms with Crippen molar-refractivity contribution >= 4 is 52.7 Å². The van der Waals surface area contributed by atoms with Crippen molar-refractivity contribution < 1.29 is 38.2 Å². The largest absolute Gasteiger partial charge is 0.466 e. The Hall–Kier alpha value is -4.74. The Labute approximate surface area is 276 Å². The number of likely N-dealkylation sites (N-methyl/N-ethyl adjacent to an activating group) is 1. The molecule has 3 heterocycles. The number of nitrogens with zero attached hydrogens (tertiary/aromatic N) is 2. The van der Waals surface area contributed by atoms with Crippen LogP contribution in [0.1, 0.15) is 37.5 Å². The van der Waals surface area contributed by atoms with Gasteiger partial charge in [-0.3, -0.25) is 19.3 Å². The van der Waals surface area contributed by atoms with Crippen molar-refractivity contribution in [2.24, 2.45) is 5.92 Å². The van der Waals surface area contributed by atoms with Crippen molar-refractivity contribution in [2.75, 3.05) is 37.1 Å². The van der Waals surface area contributed by atoms with Crippen LogP contribution in [-0.4, -0.2) is 67.0 Å². The van der Waals surface area contributed by atoms with Crippen LogP contribution in [0.25, 0.3) is 0 Å². The number of benzene rings is 3. The molecule has 1 N–H and O–H groups in total. The van der Waals surface area contributed by atoms with E-state index in [9.17, 15) is 19.2 Å². The average Bonchev–Trinajstić information content (AvgIpc) is 3.57. The van der Waals surface area contributed by atoms with Gasteiger partial charge < -0.3 is 24.4 Å². The van der Waals surface area contributed by atoms with Crippen LogP contribution in [0.3, 0.4) is 0 Å². The molecule has 47 heavy (non-hydrogen) atoms. The molecule has 3 aromatic rings. The van der Waals surface area contributed by atoms with Gasteiger partial charge in [0.15, 0.2) is 0 Å². The Kier molecular flexibility index (Phi) is 8.09. The van der Waals surface area contributed by atoms with E-state index >= 15 is 4.79 Å². The van der Waals surface area contributed by atoms with E-state index in [0.29, 0.717) is 27.5 Å². The number of ether oxygens (including phenoxy) is 3. The number of esters is 3. The first kappa shape index (κ1) is 32.2. The van der Waals surface area contributed by atoms with E-state index in [1.807, 2.05) is 0 Å². The predicted octanol–water partition coefficient (Wildman–Crippen LogP) is 3.96. The number of carbonyl (C=O) groups is 5. The molecule has 12 heteroatoms. The first-order chi connectivity index (χ1) is 22.6. The molecule has 0 aromatic heterocycles. The summed E-state index contributed by atoms with van der Waals surface area (Å²) < 4.78 is 16.7. The van der Waals surface area contributed by atoms with E-state index in [1.54, 1.807) is 93.6 Å². The van der Waals surface area contributed by atoms with Crippen molar-refractivity contribution in [1.82, 2.24) is 4.90 Å². The van der Waals surface area contributed by atoms with Crippen LogP contribution >= 0.6 is 11.6 Å². The number of anilines is 2. The molecular formula is C35H34ClN3O8. The topological polar surface area (TPSA) is 132 Å². The lowest BCUT2D eigenvalue weighted by molar-refractivity contribution is -0.183. The Balaban J connectivity index is 1.78. The zero-order chi connectivity index (χ0) is 33.7. The minimum Gasteiger partial charge on any atom is -0.466 e. The lowest BCUT2D eigenvalue weighted by Gasteiger charge is -2.43. The minimum atomic E-state index is -2.64. The van der Waals surface area contributed by atoms with Gasteiger partial charge in [0.05, 0.1) is 26.4 Å². The summed E-state index contributed by atoms with van der Waals surface area (Å²) in [4.78, 5) is 76.8. The maximum Gasteiger partial charge on any atom is 0.339 e. The molecule has 3 aliphatic rings. The number of para-hydroxylation sites is 2. The molecule has 3 unspecified atom stereocenters. The summed E-state index contributed by atoms with van der Waals surface area (Å²) in [6.45, 7) is 4.23. The molecule has 244 valence electrons. The third-order valence-corrected chi connectivity index (χ3v) is 9.71. The van der Waals surface area contributed by atoms with Gasteiger partial charge in [0.2, 0.25) is 11.4 Å². The second kappa shape index (κ2) is 11.8. The maximum atomic E-state index is 15.6. The summed E-state index contributed by atoms with van der Waals surface area (Å²) in [5.41, 5.74) is -5.02. The second-order valence-electron chi connectivity index (χ2n) is 11.5. The van der Waals surface area contributed by atoms with Crippen molar-refractivity contribution in [1.29, 1.82) is 0 Å². The first-order valence-electron chi connectivity index (χ1n) is 15.4. The fraction of sp³-hybridized carbons (Fsp3) is 0.343. The number of carbonyl (C=O) groups excluding carboxylic acids is 5. The summed E-state index contributed by atoms with van der Waals surface area (Å²) in [6, 6.07) is 20.5. The quantitative estimate of drug-likeness (QED) is 0.217. The maximum absolute atomic E-state index is 15.6. The monoisotopic (exact) mass is 659 g/mol. The highest BCUT2D eigenvalue weighted by atomic mass is 35.5. The second-order valence-corrected chi connectivity index (χ2v) is 11.9. The van der Waals surface area contributed by atoms with Crippen LogP contribution in [0.5, 0.6) is 0 Å². The van der Waals surface area contributed by atoms with Crippen LogP contribution in [0.15, 0.2) is 72.8 Å². The summed E-state index contributed by atoms with van der Waals surface area (Å²) in [7, 11) is 1.39. The Bertz CT molecular complexity index is 1790. The molecule has 2 amide bonds. The average molecular weight is 660 g/mol. The van der Waals surface area contributed by atoms with Crippen molar-refractivity contribution in [2.45, 2.75) is 43.8 Å². The molecule has 0 saturated carbocycles. The fourth-order valence-corrected chi connectivity index (χ4v) is 8.15. The predicted molar refractivity (Wildman–Crippen MR) is 171 cm³/mol. The molecule has 3 atom stereocenters. The highest BCUT2D eigenvalue weighted by Crippen LogP contribution is 2.69. The van der Waals surface area contributed by atoms with Crippen molar-refractivity contribution in [3.63, 3.8) is 0 Å². The molecule has 2 spiro atoms. The Morgan fingerprint density at radius 1 is 0.830 bits per heavy atom. The SMILES string of the molecule is CCOC(=O)C1C(C(=O)OCC)(C(=O)OCC)N(C)C2(C(=O)N(Cc3cccc(Cl)c3)c3ccccc32)C12C(=O)Nc1ccccc12. The van der Waals surface area contributed by atoms with Gasteiger partial charge >= 0.3 is 17.9 Å². The standard InChI is InChI=1S/C35H34ClN3O8/c1-5-45-28(40)27-33(23-15-8-10-17-25(23)37-29(33)41)35(38(4)34(27,31(43)46-6-2)32(44)47-7-3)24-16-9-11-18-26(24)39(30(35)42)20-21-13-12-14-22(36)19-21/h8-19,27H,5-7,20H2,1-4H3,(H,37,41). The molecule has 0 bridgehead atoms. The van der Waals surface area contributed by atoms with E-state index < -0.39 is 52.1 Å². The van der Waals surface area contributed by atoms with Crippen LogP contribution in [0.4, 0.5) is 11.4 Å². The molecule has 1 fully saturated rings. The van der Waals surface area contributed by atoms with Gasteiger partial charge in [0, 0.05) is 22.0 Å². The van der Waals surface area contributed by atoms with Gasteiger partial charge in [-0.25, -0.2) is 9.59 Å². The molecule has 6 rings (SSSR count). The third kappa shape index (κ3) is 4.05. The van der Waals surface area contributed by atoms with Crippen LogP contribution in [0.2, 0.25) is 5.02 Å². The summed E-state index contributed by atoms with van der Waals surface area (Å²) in [6.07, 6.45) is 0. The number of hydrogen-bond donors (Lipinski definition) is 1. The number of likely N-dealkylation sites (tertiary alicyclic amines) is 1. The number of halogens is 1. The number of rotatable bonds is 8. The smallest absolute Gasteiger partial charge is 0.339 e. The molecule has 0 aliphatic carbocycles. The highest BCUT2D eigenvalue weighted by Gasteiger charge is 2.89. The Morgan fingerprint density at radius 2 is 1.45 bits per heavy atom. The molecular weight excluding hydrogens is 626 g/mol. The number of nitrogens with one attached hydrogen (secondary N) is 1. The van der Waals surface area contributed by atoms with E-state index in [4.69, 9.17) is 25.8 Å². The first-order valence-corrected chi connectivity index (χ1v) is 15.8. The Morgan fingerprint density at radius 3 is 2.09 bits per heavy atom. The van der Waals surface area contributed by atoms with Gasteiger partial charge in [-0.15, -0.1) is 0 Å². The van der Waals surface area contributed by atoms with E-state index in [1.165, 1.54) is 16.8 Å². The van der Waals surface area contributed by atoms with Crippen LogP contribution in [-0.2, 0) is 55.7 Å².